The first kappa shape index (κ1) is 15.7. The van der Waals surface area contributed by atoms with E-state index in [-0.39, 0.29) is 29.6 Å². The molecule has 1 saturated heterocycles. The molecular formula is C15H21ClN2OS. The summed E-state index contributed by atoms with van der Waals surface area (Å²) in [5.74, 6) is 0.288. The molecule has 2 heterocycles. The highest BCUT2D eigenvalue weighted by molar-refractivity contribution is 8.01. The van der Waals surface area contributed by atoms with Gasteiger partial charge in [0.2, 0.25) is 5.91 Å². The Labute approximate surface area is 130 Å². The molecule has 5 heteroatoms. The molecule has 0 aromatic heterocycles. The van der Waals surface area contributed by atoms with Crippen LogP contribution >= 0.6 is 24.2 Å². The number of piperidine rings is 1. The van der Waals surface area contributed by atoms with Crippen LogP contribution in [0, 0.1) is 0 Å². The minimum Gasteiger partial charge on any atom is -0.337 e. The van der Waals surface area contributed by atoms with Crippen LogP contribution in [0.5, 0.6) is 0 Å². The Morgan fingerprint density at radius 1 is 1.35 bits per heavy atom. The third kappa shape index (κ3) is 2.97. The number of rotatable bonds is 2. The highest BCUT2D eigenvalue weighted by Crippen LogP contribution is 2.38. The lowest BCUT2D eigenvalue weighted by Gasteiger charge is -2.36. The van der Waals surface area contributed by atoms with E-state index in [1.165, 1.54) is 16.9 Å². The van der Waals surface area contributed by atoms with Gasteiger partial charge < -0.3 is 10.6 Å². The lowest BCUT2D eigenvalue weighted by Crippen LogP contribution is -2.50. The van der Waals surface area contributed by atoms with Crippen LogP contribution in [0.15, 0.2) is 29.2 Å². The second kappa shape index (κ2) is 6.83. The first-order valence-corrected chi connectivity index (χ1v) is 7.92. The van der Waals surface area contributed by atoms with Crippen molar-refractivity contribution in [3.05, 3.63) is 29.8 Å². The largest absolute Gasteiger partial charge is 0.337 e. The molecule has 1 amide bonds. The Morgan fingerprint density at radius 3 is 2.90 bits per heavy atom. The molecule has 2 aliphatic rings. The van der Waals surface area contributed by atoms with Crippen LogP contribution < -0.4 is 5.73 Å². The number of carbonyl (C=O) groups is 1. The van der Waals surface area contributed by atoms with Gasteiger partial charge in [-0.2, -0.15) is 0 Å². The first-order valence-electron chi connectivity index (χ1n) is 7.04. The third-order valence-corrected chi connectivity index (χ3v) is 5.41. The lowest BCUT2D eigenvalue weighted by molar-refractivity contribution is -0.133. The minimum atomic E-state index is 0. The Bertz CT molecular complexity index is 458. The van der Waals surface area contributed by atoms with Crippen LogP contribution in [0.1, 0.15) is 24.8 Å². The molecule has 0 spiro atoms. The fraction of sp³-hybridized carbons (Fsp3) is 0.533. The van der Waals surface area contributed by atoms with Crippen molar-refractivity contribution in [1.29, 1.82) is 0 Å². The zero-order valence-electron chi connectivity index (χ0n) is 11.5. The number of hydrogen-bond acceptors (Lipinski definition) is 3. The highest BCUT2D eigenvalue weighted by Gasteiger charge is 2.34. The molecule has 2 aliphatic heterocycles. The Balaban J connectivity index is 0.00000147. The van der Waals surface area contributed by atoms with Crippen LogP contribution in [0.3, 0.4) is 0 Å². The van der Waals surface area contributed by atoms with Crippen molar-refractivity contribution < 1.29 is 4.79 Å². The third-order valence-electron chi connectivity index (χ3n) is 4.10. The van der Waals surface area contributed by atoms with Gasteiger partial charge in [-0.15, -0.1) is 24.2 Å². The van der Waals surface area contributed by atoms with Gasteiger partial charge in [-0.05, 0) is 37.3 Å². The fourth-order valence-corrected chi connectivity index (χ4v) is 4.31. The average molecular weight is 313 g/mol. The van der Waals surface area contributed by atoms with Gasteiger partial charge in [0.25, 0.3) is 0 Å². The standard InChI is InChI=1S/C15H20N2OS.ClH/c16-10-12-6-3-4-8-17(12)15(18)14-9-11-5-1-2-7-13(11)19-14;/h1-2,5,7,12,14H,3-4,6,8-10,16H2;1H. The maximum Gasteiger partial charge on any atom is 0.236 e. The summed E-state index contributed by atoms with van der Waals surface area (Å²) in [5, 5.41) is 0.0598. The Hall–Kier alpha value is -0.710. The number of fused-ring (bicyclic) bond motifs is 1. The van der Waals surface area contributed by atoms with Crippen molar-refractivity contribution in [1.82, 2.24) is 4.90 Å². The molecule has 2 N–H and O–H groups in total. The zero-order valence-corrected chi connectivity index (χ0v) is 13.1. The topological polar surface area (TPSA) is 46.3 Å². The van der Waals surface area contributed by atoms with Gasteiger partial charge in [0.05, 0.1) is 5.25 Å². The molecule has 2 unspecified atom stereocenters. The predicted molar refractivity (Wildman–Crippen MR) is 85.4 cm³/mol. The Kier molecular flexibility index (Phi) is 5.35. The van der Waals surface area contributed by atoms with Crippen molar-refractivity contribution in [3.8, 4) is 0 Å². The number of hydrogen-bond donors (Lipinski definition) is 1. The summed E-state index contributed by atoms with van der Waals surface area (Å²) in [4.78, 5) is 16.0. The summed E-state index contributed by atoms with van der Waals surface area (Å²) in [6.45, 7) is 1.48. The van der Waals surface area contributed by atoms with E-state index in [9.17, 15) is 4.79 Å². The summed E-state index contributed by atoms with van der Waals surface area (Å²) in [6, 6.07) is 8.60. The van der Waals surface area contributed by atoms with Crippen molar-refractivity contribution >= 4 is 30.1 Å². The fourth-order valence-electron chi connectivity index (χ4n) is 3.04. The van der Waals surface area contributed by atoms with E-state index >= 15 is 0 Å². The molecule has 1 aromatic rings. The number of thioether (sulfide) groups is 1. The van der Waals surface area contributed by atoms with Crippen LogP contribution in [-0.2, 0) is 11.2 Å². The SMILES string of the molecule is Cl.NCC1CCCCN1C(=O)C1Cc2ccccc2S1. The zero-order chi connectivity index (χ0) is 13.2. The van der Waals surface area contributed by atoms with Gasteiger partial charge >= 0.3 is 0 Å². The molecule has 1 aromatic carbocycles. The molecule has 20 heavy (non-hydrogen) atoms. The van der Waals surface area contributed by atoms with Gasteiger partial charge in [0.15, 0.2) is 0 Å². The van der Waals surface area contributed by atoms with Gasteiger partial charge in [-0.1, -0.05) is 18.2 Å². The van der Waals surface area contributed by atoms with Crippen LogP contribution in [0.25, 0.3) is 0 Å². The number of carbonyl (C=O) groups excluding carboxylic acids is 1. The van der Waals surface area contributed by atoms with E-state index in [2.05, 4.69) is 18.2 Å². The predicted octanol–water partition coefficient (Wildman–Crippen LogP) is 2.46. The number of amides is 1. The number of nitrogens with two attached hydrogens (primary N) is 1. The van der Waals surface area contributed by atoms with Crippen LogP contribution in [-0.4, -0.2) is 35.2 Å². The monoisotopic (exact) mass is 312 g/mol. The molecule has 0 aliphatic carbocycles. The quantitative estimate of drug-likeness (QED) is 0.912. The van der Waals surface area contributed by atoms with Gasteiger partial charge in [-0.25, -0.2) is 0 Å². The summed E-state index contributed by atoms with van der Waals surface area (Å²) in [6.07, 6.45) is 4.25. The van der Waals surface area contributed by atoms with Crippen LogP contribution in [0.2, 0.25) is 0 Å². The Morgan fingerprint density at radius 2 is 2.15 bits per heavy atom. The van der Waals surface area contributed by atoms with Crippen molar-refractivity contribution in [2.45, 2.75) is 41.9 Å². The van der Waals surface area contributed by atoms with E-state index in [1.807, 2.05) is 11.0 Å². The van der Waals surface area contributed by atoms with E-state index in [4.69, 9.17) is 5.73 Å². The summed E-state index contributed by atoms with van der Waals surface area (Å²) in [5.41, 5.74) is 7.13. The smallest absolute Gasteiger partial charge is 0.236 e. The minimum absolute atomic E-state index is 0. The normalized spacial score (nSPS) is 24.9. The molecular weight excluding hydrogens is 292 g/mol. The van der Waals surface area contributed by atoms with E-state index in [0.717, 1.165) is 25.8 Å². The van der Waals surface area contributed by atoms with Crippen molar-refractivity contribution in [2.75, 3.05) is 13.1 Å². The van der Waals surface area contributed by atoms with Gasteiger partial charge in [-0.3, -0.25) is 4.79 Å². The average Bonchev–Trinajstić information content (AvgIpc) is 2.90. The van der Waals surface area contributed by atoms with Crippen molar-refractivity contribution in [3.63, 3.8) is 0 Å². The summed E-state index contributed by atoms with van der Waals surface area (Å²) in [7, 11) is 0. The van der Waals surface area contributed by atoms with E-state index in [1.54, 1.807) is 11.8 Å². The maximum atomic E-state index is 12.7. The number of benzene rings is 1. The second-order valence-electron chi connectivity index (χ2n) is 5.34. The van der Waals surface area contributed by atoms with E-state index in [0.29, 0.717) is 6.54 Å². The molecule has 110 valence electrons. The van der Waals surface area contributed by atoms with Crippen LogP contribution in [0.4, 0.5) is 0 Å². The summed E-state index contributed by atoms with van der Waals surface area (Å²) >= 11 is 1.72. The molecule has 0 radical (unpaired) electrons. The maximum absolute atomic E-state index is 12.7. The first-order chi connectivity index (χ1) is 9.29. The van der Waals surface area contributed by atoms with Gasteiger partial charge in [0.1, 0.15) is 0 Å². The highest BCUT2D eigenvalue weighted by atomic mass is 35.5. The lowest BCUT2D eigenvalue weighted by atomic mass is 10.0. The van der Waals surface area contributed by atoms with Gasteiger partial charge in [0, 0.05) is 24.0 Å². The van der Waals surface area contributed by atoms with E-state index < -0.39 is 0 Å². The molecule has 3 nitrogen and oxygen atoms in total. The second-order valence-corrected chi connectivity index (χ2v) is 6.58. The molecule has 0 saturated carbocycles. The summed E-state index contributed by atoms with van der Waals surface area (Å²) < 4.78 is 0. The number of halogens is 1. The molecule has 2 atom stereocenters. The molecule has 1 fully saturated rings. The number of likely N-dealkylation sites (tertiary alicyclic amines) is 1. The number of nitrogens with zero attached hydrogens (tertiary/aromatic N) is 1. The molecule has 3 rings (SSSR count). The van der Waals surface area contributed by atoms with Crippen molar-refractivity contribution in [2.24, 2.45) is 5.73 Å². The molecule has 0 bridgehead atoms.